The minimum Gasteiger partial charge on any atom is -0.466 e. The number of aliphatic hydroxyl groups excluding tert-OH is 2. The summed E-state index contributed by atoms with van der Waals surface area (Å²) in [7, 11) is 0. The monoisotopic (exact) mass is 1310 g/mol. The molecule has 0 heterocycles. The number of ether oxygens (including phenoxy) is 1. The SMILES string of the molecule is CCCCCCCCC/C=C\CCCCCCCC(=O)OCCCCCCCCCCCCCCCCCCCCCCCCCCCCCCCCCCCCCCCC(=O)NC(CO)C(O)/C=C/CCCCCCCCCCCCCCCCCCCCCCC. The van der Waals surface area contributed by atoms with Gasteiger partial charge in [-0.3, -0.25) is 9.59 Å². The third-order valence-electron chi connectivity index (χ3n) is 20.5. The summed E-state index contributed by atoms with van der Waals surface area (Å²) in [6.07, 6.45) is 108. The Hall–Kier alpha value is -1.66. The molecule has 0 bridgehead atoms. The Labute approximate surface area is 583 Å². The first kappa shape index (κ1) is 91.3. The van der Waals surface area contributed by atoms with Crippen LogP contribution in [0.5, 0.6) is 0 Å². The van der Waals surface area contributed by atoms with E-state index < -0.39 is 12.1 Å². The van der Waals surface area contributed by atoms with Crippen LogP contribution in [0.1, 0.15) is 495 Å². The highest BCUT2D eigenvalue weighted by atomic mass is 16.5. The normalized spacial score (nSPS) is 12.5. The fourth-order valence-electron chi connectivity index (χ4n) is 13.9. The summed E-state index contributed by atoms with van der Waals surface area (Å²) >= 11 is 0. The van der Waals surface area contributed by atoms with E-state index in [1.165, 1.54) is 424 Å². The van der Waals surface area contributed by atoms with Gasteiger partial charge in [0.1, 0.15) is 0 Å². The highest BCUT2D eigenvalue weighted by Crippen LogP contribution is 2.21. The minimum absolute atomic E-state index is 0.0169. The first-order valence-electron chi connectivity index (χ1n) is 43.1. The zero-order valence-corrected chi connectivity index (χ0v) is 63.5. The van der Waals surface area contributed by atoms with E-state index in [4.69, 9.17) is 4.74 Å². The van der Waals surface area contributed by atoms with Crippen LogP contribution >= 0.6 is 0 Å². The van der Waals surface area contributed by atoms with Crippen LogP contribution in [-0.2, 0) is 14.3 Å². The summed E-state index contributed by atoms with van der Waals surface area (Å²) in [5, 5.41) is 23.3. The van der Waals surface area contributed by atoms with Gasteiger partial charge < -0.3 is 20.3 Å². The number of aliphatic hydroxyl groups is 2. The molecular formula is C87H169NO5. The van der Waals surface area contributed by atoms with Crippen molar-refractivity contribution in [1.29, 1.82) is 0 Å². The molecule has 6 nitrogen and oxygen atoms in total. The average molecular weight is 1310 g/mol. The van der Waals surface area contributed by atoms with E-state index in [1.807, 2.05) is 6.08 Å². The fraction of sp³-hybridized carbons (Fsp3) is 0.931. The number of hydrogen-bond acceptors (Lipinski definition) is 5. The Morgan fingerprint density at radius 1 is 0.290 bits per heavy atom. The van der Waals surface area contributed by atoms with E-state index in [9.17, 15) is 19.8 Å². The second-order valence-electron chi connectivity index (χ2n) is 29.9. The Kier molecular flexibility index (Phi) is 81.3. The van der Waals surface area contributed by atoms with Crippen molar-refractivity contribution in [3.05, 3.63) is 24.3 Å². The molecule has 0 aliphatic rings. The Morgan fingerprint density at radius 3 is 0.763 bits per heavy atom. The molecule has 0 radical (unpaired) electrons. The maximum absolute atomic E-state index is 12.6. The van der Waals surface area contributed by atoms with Gasteiger partial charge in [0, 0.05) is 12.8 Å². The van der Waals surface area contributed by atoms with Crippen molar-refractivity contribution in [3.63, 3.8) is 0 Å². The molecule has 2 atom stereocenters. The van der Waals surface area contributed by atoms with Crippen LogP contribution in [0.15, 0.2) is 24.3 Å². The zero-order chi connectivity index (χ0) is 67.0. The lowest BCUT2D eigenvalue weighted by molar-refractivity contribution is -0.143. The zero-order valence-electron chi connectivity index (χ0n) is 63.5. The number of carbonyl (C=O) groups is 2. The molecule has 0 saturated carbocycles. The third-order valence-corrected chi connectivity index (χ3v) is 20.5. The maximum atomic E-state index is 12.6. The van der Waals surface area contributed by atoms with Crippen LogP contribution in [0.4, 0.5) is 0 Å². The molecular weight excluding hydrogens is 1140 g/mol. The first-order valence-corrected chi connectivity index (χ1v) is 43.1. The molecule has 0 aromatic heterocycles. The van der Waals surface area contributed by atoms with E-state index in [0.717, 1.165) is 44.9 Å². The van der Waals surface area contributed by atoms with Gasteiger partial charge in [-0.15, -0.1) is 0 Å². The summed E-state index contributed by atoms with van der Waals surface area (Å²) in [6, 6.07) is -0.625. The summed E-state index contributed by atoms with van der Waals surface area (Å²) in [5.41, 5.74) is 0. The van der Waals surface area contributed by atoms with Crippen molar-refractivity contribution >= 4 is 11.9 Å². The second-order valence-corrected chi connectivity index (χ2v) is 29.9. The van der Waals surface area contributed by atoms with Crippen LogP contribution in [0.3, 0.4) is 0 Å². The molecule has 3 N–H and O–H groups in total. The van der Waals surface area contributed by atoms with E-state index in [2.05, 4.69) is 31.3 Å². The molecule has 0 aromatic carbocycles. The standard InChI is InChI=1S/C87H169NO5/c1-3-5-7-9-11-13-15-17-19-21-22-23-39-42-45-48-51-55-59-63-67-71-75-79-85(90)84(83-89)88-86(91)80-76-72-68-64-60-56-52-49-46-43-40-37-35-33-31-29-27-25-24-26-28-30-32-34-36-38-41-44-47-50-54-58-62-66-70-74-78-82-93-87(92)81-77-73-69-65-61-57-53-20-18-16-14-12-10-8-6-4-2/h20,53,75,79,84-85,89-90H,3-19,21-52,54-74,76-78,80-83H2,1-2H3,(H,88,91)/b53-20-,79-75+. The van der Waals surface area contributed by atoms with Gasteiger partial charge in [-0.1, -0.05) is 449 Å². The van der Waals surface area contributed by atoms with Crippen LogP contribution in [0, 0.1) is 0 Å². The lowest BCUT2D eigenvalue weighted by Gasteiger charge is -2.20. The summed E-state index contributed by atoms with van der Waals surface area (Å²) in [6.45, 7) is 4.96. The topological polar surface area (TPSA) is 95.9 Å². The second kappa shape index (κ2) is 82.8. The molecule has 0 aliphatic carbocycles. The van der Waals surface area contributed by atoms with Gasteiger partial charge in [0.05, 0.1) is 25.4 Å². The molecule has 0 spiro atoms. The van der Waals surface area contributed by atoms with Crippen LogP contribution in [0.25, 0.3) is 0 Å². The van der Waals surface area contributed by atoms with E-state index in [0.29, 0.717) is 19.4 Å². The van der Waals surface area contributed by atoms with Crippen LogP contribution in [0.2, 0.25) is 0 Å². The number of carbonyl (C=O) groups excluding carboxylic acids is 2. The highest BCUT2D eigenvalue weighted by Gasteiger charge is 2.18. The minimum atomic E-state index is -0.842. The van der Waals surface area contributed by atoms with Crippen molar-refractivity contribution in [3.8, 4) is 0 Å². The summed E-state index contributed by atoms with van der Waals surface area (Å²) in [5.74, 6) is -0.0397. The van der Waals surface area contributed by atoms with E-state index in [-0.39, 0.29) is 18.5 Å². The van der Waals surface area contributed by atoms with Crippen LogP contribution < -0.4 is 5.32 Å². The predicted octanol–water partition coefficient (Wildman–Crippen LogP) is 28.8. The van der Waals surface area contributed by atoms with Crippen molar-refractivity contribution in [2.45, 2.75) is 508 Å². The van der Waals surface area contributed by atoms with Gasteiger partial charge in [-0.2, -0.15) is 0 Å². The summed E-state index contributed by atoms with van der Waals surface area (Å²) in [4.78, 5) is 24.7. The molecule has 552 valence electrons. The molecule has 0 saturated heterocycles. The number of nitrogens with one attached hydrogen (secondary N) is 1. The predicted molar refractivity (Wildman–Crippen MR) is 412 cm³/mol. The molecule has 0 aromatic rings. The van der Waals surface area contributed by atoms with Crippen molar-refractivity contribution in [2.24, 2.45) is 0 Å². The fourth-order valence-corrected chi connectivity index (χ4v) is 13.9. The number of unbranched alkanes of at least 4 members (excludes halogenated alkanes) is 69. The Morgan fingerprint density at radius 2 is 0.505 bits per heavy atom. The quantitative estimate of drug-likeness (QED) is 0.0320. The number of rotatable bonds is 82. The summed E-state index contributed by atoms with van der Waals surface area (Å²) < 4.78 is 5.51. The Bertz CT molecular complexity index is 1460. The van der Waals surface area contributed by atoms with Gasteiger partial charge in [0.25, 0.3) is 0 Å². The highest BCUT2D eigenvalue weighted by molar-refractivity contribution is 5.76. The first-order chi connectivity index (χ1) is 46.0. The lowest BCUT2D eigenvalue weighted by atomic mass is 10.0. The maximum Gasteiger partial charge on any atom is 0.305 e. The third kappa shape index (κ3) is 79.2. The van der Waals surface area contributed by atoms with Gasteiger partial charge in [-0.05, 0) is 57.8 Å². The van der Waals surface area contributed by atoms with Gasteiger partial charge in [0.2, 0.25) is 5.91 Å². The van der Waals surface area contributed by atoms with Crippen LogP contribution in [-0.4, -0.2) is 47.4 Å². The molecule has 0 rings (SSSR count). The number of allylic oxidation sites excluding steroid dienone is 3. The number of hydrogen-bond donors (Lipinski definition) is 3. The largest absolute Gasteiger partial charge is 0.466 e. The van der Waals surface area contributed by atoms with Crippen molar-refractivity contribution in [1.82, 2.24) is 5.32 Å². The molecule has 0 aliphatic heterocycles. The van der Waals surface area contributed by atoms with E-state index in [1.54, 1.807) is 6.08 Å². The van der Waals surface area contributed by atoms with Gasteiger partial charge in [-0.25, -0.2) is 0 Å². The van der Waals surface area contributed by atoms with Crippen molar-refractivity contribution in [2.75, 3.05) is 13.2 Å². The Balaban J connectivity index is 3.32. The molecule has 2 unspecified atom stereocenters. The van der Waals surface area contributed by atoms with Gasteiger partial charge in [0.15, 0.2) is 0 Å². The van der Waals surface area contributed by atoms with Crippen molar-refractivity contribution < 1.29 is 24.5 Å². The van der Waals surface area contributed by atoms with Gasteiger partial charge >= 0.3 is 5.97 Å². The lowest BCUT2D eigenvalue weighted by Crippen LogP contribution is -2.45. The molecule has 1 amide bonds. The average Bonchev–Trinajstić information content (AvgIpc) is 3.78. The molecule has 0 fully saturated rings. The molecule has 93 heavy (non-hydrogen) atoms. The van der Waals surface area contributed by atoms with E-state index >= 15 is 0 Å². The smallest absolute Gasteiger partial charge is 0.305 e. The number of amides is 1. The molecule has 6 heteroatoms. The number of esters is 1.